The summed E-state index contributed by atoms with van der Waals surface area (Å²) in [6.45, 7) is 4.04. The highest BCUT2D eigenvalue weighted by atomic mass is 16.6. The first kappa shape index (κ1) is 14.2. The number of rotatable bonds is 6. The van der Waals surface area contributed by atoms with E-state index in [-0.39, 0.29) is 24.1 Å². The first-order valence-electron chi connectivity index (χ1n) is 6.05. The van der Waals surface area contributed by atoms with Crippen molar-refractivity contribution in [2.45, 2.75) is 39.2 Å². The first-order chi connectivity index (χ1) is 8.52. The van der Waals surface area contributed by atoms with Crippen molar-refractivity contribution in [2.24, 2.45) is 0 Å². The summed E-state index contributed by atoms with van der Waals surface area (Å²) >= 11 is 0. The van der Waals surface area contributed by atoms with E-state index in [2.05, 4.69) is 12.2 Å². The third-order valence-corrected chi connectivity index (χ3v) is 2.64. The molecule has 0 saturated carbocycles. The Hall–Kier alpha value is -1.91. The van der Waals surface area contributed by atoms with Gasteiger partial charge in [0.05, 0.1) is 11.3 Å². The molecule has 5 nitrogen and oxygen atoms in total. The Balaban J connectivity index is 2.51. The number of non-ortho nitro benzene ring substituents is 1. The van der Waals surface area contributed by atoms with E-state index >= 15 is 0 Å². The number of carbonyl (C=O) groups excluding carboxylic acids is 1. The van der Waals surface area contributed by atoms with Crippen LogP contribution in [-0.2, 0) is 11.2 Å². The van der Waals surface area contributed by atoms with Gasteiger partial charge >= 0.3 is 0 Å². The summed E-state index contributed by atoms with van der Waals surface area (Å²) in [5.74, 6) is -0.0511. The average Bonchev–Trinajstić information content (AvgIpc) is 2.29. The number of carbonyl (C=O) groups is 1. The highest BCUT2D eigenvalue weighted by molar-refractivity contribution is 5.78. The van der Waals surface area contributed by atoms with Crippen molar-refractivity contribution in [1.82, 2.24) is 5.32 Å². The lowest BCUT2D eigenvalue weighted by molar-refractivity contribution is -0.384. The molecular weight excluding hydrogens is 232 g/mol. The predicted molar refractivity (Wildman–Crippen MR) is 69.3 cm³/mol. The van der Waals surface area contributed by atoms with Crippen LogP contribution in [0.5, 0.6) is 0 Å². The molecular formula is C13H18N2O3. The van der Waals surface area contributed by atoms with E-state index in [1.54, 1.807) is 12.1 Å². The molecule has 1 aromatic rings. The van der Waals surface area contributed by atoms with Gasteiger partial charge in [-0.3, -0.25) is 14.9 Å². The molecule has 0 heterocycles. The van der Waals surface area contributed by atoms with Crippen LogP contribution in [0.25, 0.3) is 0 Å². The summed E-state index contributed by atoms with van der Waals surface area (Å²) in [4.78, 5) is 21.7. The van der Waals surface area contributed by atoms with E-state index in [1.165, 1.54) is 12.1 Å². The Bertz CT molecular complexity index is 415. The van der Waals surface area contributed by atoms with Crippen LogP contribution in [0.1, 0.15) is 32.3 Å². The molecule has 0 spiro atoms. The van der Waals surface area contributed by atoms with E-state index in [0.29, 0.717) is 0 Å². The van der Waals surface area contributed by atoms with Gasteiger partial charge in [-0.2, -0.15) is 0 Å². The Morgan fingerprint density at radius 3 is 2.50 bits per heavy atom. The molecule has 0 aliphatic carbocycles. The molecule has 0 radical (unpaired) electrons. The van der Waals surface area contributed by atoms with Crippen LogP contribution in [0.4, 0.5) is 5.69 Å². The summed E-state index contributed by atoms with van der Waals surface area (Å²) in [6, 6.07) is 6.22. The summed E-state index contributed by atoms with van der Waals surface area (Å²) < 4.78 is 0. The molecule has 0 unspecified atom stereocenters. The molecule has 0 aliphatic rings. The normalized spacial score (nSPS) is 11.9. The summed E-state index contributed by atoms with van der Waals surface area (Å²) in [6.07, 6.45) is 2.23. The summed E-state index contributed by atoms with van der Waals surface area (Å²) in [5.41, 5.74) is 0.820. The van der Waals surface area contributed by atoms with Gasteiger partial charge in [0.15, 0.2) is 0 Å². The Morgan fingerprint density at radius 2 is 2.00 bits per heavy atom. The predicted octanol–water partition coefficient (Wildman–Crippen LogP) is 2.44. The molecule has 1 rings (SSSR count). The number of amides is 1. The van der Waals surface area contributed by atoms with Crippen molar-refractivity contribution in [3.8, 4) is 0 Å². The largest absolute Gasteiger partial charge is 0.353 e. The molecule has 5 heteroatoms. The van der Waals surface area contributed by atoms with E-state index in [1.807, 2.05) is 6.92 Å². The number of nitrogens with zero attached hydrogens (tertiary/aromatic N) is 1. The lowest BCUT2D eigenvalue weighted by Crippen LogP contribution is -2.33. The standard InChI is InChI=1S/C13H18N2O3/c1-3-4-10(2)14-13(16)9-11-5-7-12(8-6-11)15(17)18/h5-8,10H,3-4,9H2,1-2H3,(H,14,16)/t10-/m1/s1. The maximum Gasteiger partial charge on any atom is 0.269 e. The molecule has 1 amide bonds. The summed E-state index contributed by atoms with van der Waals surface area (Å²) in [5, 5.41) is 13.4. The number of nitro groups is 1. The molecule has 1 N–H and O–H groups in total. The van der Waals surface area contributed by atoms with Crippen molar-refractivity contribution >= 4 is 11.6 Å². The highest BCUT2D eigenvalue weighted by Crippen LogP contribution is 2.12. The third kappa shape index (κ3) is 4.53. The number of hydrogen-bond donors (Lipinski definition) is 1. The minimum atomic E-state index is -0.451. The molecule has 0 saturated heterocycles. The SMILES string of the molecule is CCC[C@@H](C)NC(=O)Cc1ccc([N+](=O)[O-])cc1. The molecule has 18 heavy (non-hydrogen) atoms. The van der Waals surface area contributed by atoms with Gasteiger partial charge in [0.1, 0.15) is 0 Å². The van der Waals surface area contributed by atoms with Gasteiger partial charge in [0.25, 0.3) is 5.69 Å². The van der Waals surface area contributed by atoms with Gasteiger partial charge in [-0.25, -0.2) is 0 Å². The third-order valence-electron chi connectivity index (χ3n) is 2.64. The second kappa shape index (κ2) is 6.74. The van der Waals surface area contributed by atoms with Crippen LogP contribution >= 0.6 is 0 Å². The molecule has 1 atom stereocenters. The second-order valence-electron chi connectivity index (χ2n) is 4.36. The minimum absolute atomic E-state index is 0.0403. The maximum atomic E-state index is 11.7. The zero-order chi connectivity index (χ0) is 13.5. The minimum Gasteiger partial charge on any atom is -0.353 e. The van der Waals surface area contributed by atoms with Crippen LogP contribution in [-0.4, -0.2) is 16.9 Å². The lowest BCUT2D eigenvalue weighted by Gasteiger charge is -2.12. The highest BCUT2D eigenvalue weighted by Gasteiger charge is 2.09. The number of hydrogen-bond acceptors (Lipinski definition) is 3. The van der Waals surface area contributed by atoms with Crippen LogP contribution in [0.3, 0.4) is 0 Å². The van der Waals surface area contributed by atoms with Crippen LogP contribution in [0.15, 0.2) is 24.3 Å². The van der Waals surface area contributed by atoms with Crippen molar-refractivity contribution in [2.75, 3.05) is 0 Å². The van der Waals surface area contributed by atoms with E-state index in [4.69, 9.17) is 0 Å². The van der Waals surface area contributed by atoms with E-state index in [9.17, 15) is 14.9 Å². The van der Waals surface area contributed by atoms with Crippen LogP contribution in [0.2, 0.25) is 0 Å². The molecule has 0 fully saturated rings. The maximum absolute atomic E-state index is 11.7. The van der Waals surface area contributed by atoms with Gasteiger partial charge < -0.3 is 5.32 Å². The van der Waals surface area contributed by atoms with Gasteiger partial charge in [0.2, 0.25) is 5.91 Å². The molecule has 1 aromatic carbocycles. The molecule has 0 bridgehead atoms. The average molecular weight is 250 g/mol. The van der Waals surface area contributed by atoms with Gasteiger partial charge in [0, 0.05) is 18.2 Å². The number of benzene rings is 1. The van der Waals surface area contributed by atoms with Gasteiger partial charge in [-0.15, -0.1) is 0 Å². The van der Waals surface area contributed by atoms with Crippen molar-refractivity contribution in [3.05, 3.63) is 39.9 Å². The smallest absolute Gasteiger partial charge is 0.269 e. The van der Waals surface area contributed by atoms with Crippen molar-refractivity contribution in [1.29, 1.82) is 0 Å². The monoisotopic (exact) mass is 250 g/mol. The quantitative estimate of drug-likeness (QED) is 0.622. The van der Waals surface area contributed by atoms with Gasteiger partial charge in [-0.1, -0.05) is 25.5 Å². The Labute approximate surface area is 106 Å². The van der Waals surface area contributed by atoms with Gasteiger partial charge in [-0.05, 0) is 18.9 Å². The molecule has 98 valence electrons. The zero-order valence-electron chi connectivity index (χ0n) is 10.7. The summed E-state index contributed by atoms with van der Waals surface area (Å²) in [7, 11) is 0. The number of nitro benzene ring substituents is 1. The fourth-order valence-corrected chi connectivity index (χ4v) is 1.75. The van der Waals surface area contributed by atoms with Crippen LogP contribution < -0.4 is 5.32 Å². The lowest BCUT2D eigenvalue weighted by atomic mass is 10.1. The Morgan fingerprint density at radius 1 is 1.39 bits per heavy atom. The Kier molecular flexibility index (Phi) is 5.30. The fourth-order valence-electron chi connectivity index (χ4n) is 1.75. The van der Waals surface area contributed by atoms with Crippen molar-refractivity contribution in [3.63, 3.8) is 0 Å². The second-order valence-corrected chi connectivity index (χ2v) is 4.36. The topological polar surface area (TPSA) is 72.2 Å². The van der Waals surface area contributed by atoms with Crippen molar-refractivity contribution < 1.29 is 9.72 Å². The van der Waals surface area contributed by atoms with Crippen LogP contribution in [0, 0.1) is 10.1 Å². The molecule has 0 aliphatic heterocycles. The first-order valence-corrected chi connectivity index (χ1v) is 6.05. The zero-order valence-corrected chi connectivity index (χ0v) is 10.7. The molecule has 0 aromatic heterocycles. The number of nitrogens with one attached hydrogen (secondary N) is 1. The van der Waals surface area contributed by atoms with E-state index in [0.717, 1.165) is 18.4 Å². The fraction of sp³-hybridized carbons (Fsp3) is 0.462. The van der Waals surface area contributed by atoms with E-state index < -0.39 is 4.92 Å².